The first-order valence-corrected chi connectivity index (χ1v) is 7.51. The van der Waals surface area contributed by atoms with Gasteiger partial charge >= 0.3 is 0 Å². The van der Waals surface area contributed by atoms with Gasteiger partial charge in [-0.2, -0.15) is 10.3 Å². The van der Waals surface area contributed by atoms with Crippen molar-refractivity contribution < 1.29 is 0 Å². The van der Waals surface area contributed by atoms with Crippen LogP contribution in [-0.4, -0.2) is 5.71 Å². The fraction of sp³-hybridized carbons (Fsp3) is 0.263. The smallest absolute Gasteiger partial charge is 0.183 e. The summed E-state index contributed by atoms with van der Waals surface area (Å²) < 4.78 is 0. The van der Waals surface area contributed by atoms with Crippen LogP contribution in [0.1, 0.15) is 36.3 Å². The van der Waals surface area contributed by atoms with E-state index in [0.29, 0.717) is 11.8 Å². The van der Waals surface area contributed by atoms with Gasteiger partial charge in [0.2, 0.25) is 6.19 Å². The van der Waals surface area contributed by atoms with Gasteiger partial charge in [-0.05, 0) is 53.0 Å². The Morgan fingerprint density at radius 3 is 2.95 bits per heavy atom. The lowest BCUT2D eigenvalue weighted by Gasteiger charge is -2.34. The lowest BCUT2D eigenvalue weighted by molar-refractivity contribution is 0.461. The molecule has 0 spiro atoms. The largest absolute Gasteiger partial charge is 0.205 e. The predicted molar refractivity (Wildman–Crippen MR) is 86.1 cm³/mol. The summed E-state index contributed by atoms with van der Waals surface area (Å²) in [6.45, 7) is 0. The lowest BCUT2D eigenvalue weighted by Crippen LogP contribution is -2.24. The number of benzene rings is 2. The van der Waals surface area contributed by atoms with Crippen LogP contribution in [0.5, 0.6) is 0 Å². The van der Waals surface area contributed by atoms with E-state index in [2.05, 4.69) is 53.5 Å². The molecule has 2 aliphatic carbocycles. The molecule has 1 saturated carbocycles. The Morgan fingerprint density at radius 1 is 1.14 bits per heavy atom. The fourth-order valence-electron chi connectivity index (χ4n) is 3.85. The molecule has 0 radical (unpaired) electrons. The Labute approximate surface area is 124 Å². The van der Waals surface area contributed by atoms with Gasteiger partial charge in [0.15, 0.2) is 0 Å². The summed E-state index contributed by atoms with van der Waals surface area (Å²) >= 11 is 0. The van der Waals surface area contributed by atoms with Gasteiger partial charge in [-0.15, -0.1) is 0 Å². The summed E-state index contributed by atoms with van der Waals surface area (Å²) in [5.74, 6) is 1.08. The number of hydrogen-bond acceptors (Lipinski definition) is 2. The molecule has 0 heterocycles. The summed E-state index contributed by atoms with van der Waals surface area (Å²) in [7, 11) is 0. The van der Waals surface area contributed by atoms with E-state index in [4.69, 9.17) is 5.26 Å². The zero-order chi connectivity index (χ0) is 14.2. The van der Waals surface area contributed by atoms with Crippen molar-refractivity contribution in [2.45, 2.75) is 25.2 Å². The summed E-state index contributed by atoms with van der Waals surface area (Å²) in [4.78, 5) is 3.97. The molecular weight excluding hydrogens is 256 g/mol. The molecule has 2 aromatic rings. The van der Waals surface area contributed by atoms with Crippen LogP contribution in [0.15, 0.2) is 47.5 Å². The first-order valence-electron chi connectivity index (χ1n) is 7.51. The molecule has 0 saturated heterocycles. The van der Waals surface area contributed by atoms with Crippen molar-refractivity contribution in [3.63, 3.8) is 0 Å². The second-order valence-corrected chi connectivity index (χ2v) is 5.94. The number of aliphatic imine (C=N–C) groups is 1. The molecule has 2 aliphatic rings. The third-order valence-electron chi connectivity index (χ3n) is 4.85. The van der Waals surface area contributed by atoms with Crippen molar-refractivity contribution >= 4 is 22.6 Å². The fourth-order valence-corrected chi connectivity index (χ4v) is 3.85. The second kappa shape index (κ2) is 4.86. The molecule has 2 nitrogen and oxygen atoms in total. The van der Waals surface area contributed by atoms with Crippen molar-refractivity contribution in [3.05, 3.63) is 53.6 Å². The van der Waals surface area contributed by atoms with Crippen LogP contribution in [-0.2, 0) is 0 Å². The van der Waals surface area contributed by atoms with Crippen molar-refractivity contribution in [1.29, 1.82) is 5.26 Å². The number of allylic oxidation sites excluding steroid dienone is 1. The topological polar surface area (TPSA) is 36.1 Å². The molecule has 2 atom stereocenters. The van der Waals surface area contributed by atoms with Crippen LogP contribution in [0, 0.1) is 17.4 Å². The first-order chi connectivity index (χ1) is 10.4. The Kier molecular flexibility index (Phi) is 2.86. The summed E-state index contributed by atoms with van der Waals surface area (Å²) in [5, 5.41) is 11.4. The number of hydrogen-bond donors (Lipinski definition) is 0. The monoisotopic (exact) mass is 272 g/mol. The van der Waals surface area contributed by atoms with Crippen molar-refractivity contribution in [2.75, 3.05) is 0 Å². The SMILES string of the molecule is N#CN=C1CCC2c3ccc4ccccc4c3C=CC2C1. The maximum Gasteiger partial charge on any atom is 0.205 e. The molecule has 102 valence electrons. The minimum atomic E-state index is 0.500. The highest BCUT2D eigenvalue weighted by Gasteiger charge is 2.31. The van der Waals surface area contributed by atoms with Crippen LogP contribution in [0.3, 0.4) is 0 Å². The van der Waals surface area contributed by atoms with E-state index in [1.54, 1.807) is 0 Å². The third kappa shape index (κ3) is 1.97. The Balaban J connectivity index is 1.80. The number of nitriles is 1. The first kappa shape index (κ1) is 12.3. The molecule has 2 unspecified atom stereocenters. The van der Waals surface area contributed by atoms with Crippen molar-refractivity contribution in [3.8, 4) is 6.19 Å². The van der Waals surface area contributed by atoms with Gasteiger partial charge in [0, 0.05) is 5.71 Å². The third-order valence-corrected chi connectivity index (χ3v) is 4.85. The van der Waals surface area contributed by atoms with E-state index >= 15 is 0 Å². The van der Waals surface area contributed by atoms with E-state index in [1.807, 2.05) is 6.19 Å². The molecule has 0 aromatic heterocycles. The van der Waals surface area contributed by atoms with Gasteiger partial charge in [0.1, 0.15) is 0 Å². The van der Waals surface area contributed by atoms with E-state index in [9.17, 15) is 0 Å². The maximum absolute atomic E-state index is 8.74. The van der Waals surface area contributed by atoms with Crippen LogP contribution in [0.4, 0.5) is 0 Å². The number of nitrogens with zero attached hydrogens (tertiary/aromatic N) is 2. The second-order valence-electron chi connectivity index (χ2n) is 5.94. The minimum absolute atomic E-state index is 0.500. The van der Waals surface area contributed by atoms with Crippen LogP contribution in [0.25, 0.3) is 16.8 Å². The molecule has 0 bridgehead atoms. The van der Waals surface area contributed by atoms with Gasteiger partial charge in [-0.1, -0.05) is 48.6 Å². The summed E-state index contributed by atoms with van der Waals surface area (Å²) in [5.41, 5.74) is 3.92. The van der Waals surface area contributed by atoms with Crippen LogP contribution in [0.2, 0.25) is 0 Å². The zero-order valence-corrected chi connectivity index (χ0v) is 11.8. The van der Waals surface area contributed by atoms with E-state index in [0.717, 1.165) is 25.0 Å². The maximum atomic E-state index is 8.74. The predicted octanol–water partition coefficient (Wildman–Crippen LogP) is 4.67. The van der Waals surface area contributed by atoms with Crippen molar-refractivity contribution in [2.24, 2.45) is 10.9 Å². The van der Waals surface area contributed by atoms with Crippen molar-refractivity contribution in [1.82, 2.24) is 0 Å². The lowest BCUT2D eigenvalue weighted by atomic mass is 9.70. The molecule has 0 amide bonds. The highest BCUT2D eigenvalue weighted by atomic mass is 14.7. The number of rotatable bonds is 0. The average Bonchev–Trinajstić information content (AvgIpc) is 2.54. The van der Waals surface area contributed by atoms with E-state index in [-0.39, 0.29) is 0 Å². The summed E-state index contributed by atoms with van der Waals surface area (Å²) in [6.07, 6.45) is 9.52. The van der Waals surface area contributed by atoms with Gasteiger partial charge in [-0.25, -0.2) is 0 Å². The van der Waals surface area contributed by atoms with Gasteiger partial charge in [0.05, 0.1) is 0 Å². The van der Waals surface area contributed by atoms with E-state index in [1.165, 1.54) is 21.9 Å². The standard InChI is InChI=1S/C19H16N2/c20-12-21-15-7-10-17-14(11-15)6-9-18-16-4-2-1-3-13(16)5-8-19(17)18/h1-6,8-9,14,17H,7,10-11H2. The van der Waals surface area contributed by atoms with Gasteiger partial charge in [0.25, 0.3) is 0 Å². The average molecular weight is 272 g/mol. The van der Waals surface area contributed by atoms with Crippen LogP contribution >= 0.6 is 0 Å². The van der Waals surface area contributed by atoms with E-state index < -0.39 is 0 Å². The highest BCUT2D eigenvalue weighted by Crippen LogP contribution is 2.44. The Hall–Kier alpha value is -2.40. The molecule has 2 heteroatoms. The Morgan fingerprint density at radius 2 is 2.05 bits per heavy atom. The zero-order valence-electron chi connectivity index (χ0n) is 11.8. The van der Waals surface area contributed by atoms with Gasteiger partial charge in [-0.3, -0.25) is 0 Å². The molecule has 0 aliphatic heterocycles. The normalized spacial score (nSPS) is 25.4. The molecule has 1 fully saturated rings. The number of fused-ring (bicyclic) bond motifs is 5. The Bertz CT molecular complexity index is 808. The quantitative estimate of drug-likeness (QED) is 0.642. The molecule has 4 rings (SSSR count). The van der Waals surface area contributed by atoms with Gasteiger partial charge < -0.3 is 0 Å². The molecule has 21 heavy (non-hydrogen) atoms. The summed E-state index contributed by atoms with van der Waals surface area (Å²) in [6, 6.07) is 13.1. The molecule has 2 aromatic carbocycles. The molecule has 0 N–H and O–H groups in total. The van der Waals surface area contributed by atoms with Crippen LogP contribution < -0.4 is 0 Å². The highest BCUT2D eigenvalue weighted by molar-refractivity contribution is 5.93. The molecular formula is C19H16N2. The minimum Gasteiger partial charge on any atom is -0.183 e.